The summed E-state index contributed by atoms with van der Waals surface area (Å²) in [4.78, 5) is 4.91. The maximum atomic E-state index is 10.6. The molecule has 2 aromatic carbocycles. The number of hydrogen-bond donors (Lipinski definition) is 3. The van der Waals surface area contributed by atoms with E-state index in [0.29, 0.717) is 36.3 Å². The van der Waals surface area contributed by atoms with E-state index < -0.39 is 12.2 Å². The Bertz CT molecular complexity index is 1610. The highest BCUT2D eigenvalue weighted by molar-refractivity contribution is 5.63. The van der Waals surface area contributed by atoms with Gasteiger partial charge in [-0.15, -0.1) is 0 Å². The maximum absolute atomic E-state index is 10.6. The van der Waals surface area contributed by atoms with Gasteiger partial charge in [0.15, 0.2) is 23.0 Å². The average Bonchev–Trinajstić information content (AvgIpc) is 3.56. The molecule has 4 aliphatic carbocycles. The molecule has 3 N–H and O–H groups in total. The minimum Gasteiger partial charge on any atom is -0.504 e. The molecule has 4 heterocycles. The normalized spacial score (nSPS) is 41.1. The van der Waals surface area contributed by atoms with Crippen molar-refractivity contribution in [3.8, 4) is 23.0 Å². The highest BCUT2D eigenvalue weighted by Gasteiger charge is 2.65. The first kappa shape index (κ1) is 27.3. The molecule has 0 radical (unpaired) electrons. The summed E-state index contributed by atoms with van der Waals surface area (Å²) in [7, 11) is 4.41. The number of likely N-dealkylation sites (tertiary alicyclic amines) is 2. The van der Waals surface area contributed by atoms with Crippen LogP contribution < -0.4 is 14.2 Å². The molecule has 2 saturated heterocycles. The number of phenols is 1. The number of aliphatic hydroxyl groups is 2. The largest absolute Gasteiger partial charge is 0.504 e. The number of aliphatic hydroxyl groups excluding tert-OH is 2. The van der Waals surface area contributed by atoms with E-state index in [0.717, 1.165) is 50.3 Å². The molecule has 8 heteroatoms. The van der Waals surface area contributed by atoms with Crippen molar-refractivity contribution in [2.75, 3.05) is 33.8 Å². The van der Waals surface area contributed by atoms with Crippen molar-refractivity contribution in [1.29, 1.82) is 0 Å². The summed E-state index contributed by atoms with van der Waals surface area (Å²) in [6.07, 6.45) is 10.7. The van der Waals surface area contributed by atoms with Crippen molar-refractivity contribution in [1.82, 2.24) is 9.80 Å². The Morgan fingerprint density at radius 3 is 1.86 bits per heavy atom. The van der Waals surface area contributed by atoms with E-state index >= 15 is 0 Å². The van der Waals surface area contributed by atoms with Crippen LogP contribution in [0.4, 0.5) is 0 Å². The predicted octanol–water partition coefficient (Wildman–Crippen LogP) is 3.09. The average molecular weight is 599 g/mol. The van der Waals surface area contributed by atoms with Gasteiger partial charge in [0, 0.05) is 45.9 Å². The molecule has 8 nitrogen and oxygen atoms in total. The third kappa shape index (κ3) is 3.22. The van der Waals surface area contributed by atoms with Gasteiger partial charge in [-0.3, -0.25) is 0 Å². The lowest BCUT2D eigenvalue weighted by Gasteiger charge is -2.56. The van der Waals surface area contributed by atoms with Gasteiger partial charge in [0.25, 0.3) is 0 Å². The standard InChI is InChI=1S/C19H23NO3.C17H19NO3/c1-3-22-15-7-4-11-10-13-12-5-6-14(21)18-19(12,8-9-20(13)2)16(11)17(15)23-18;1-18-7-6-17-10-3-5-13(20)16(17)21-15-12(19)4-2-9(14(15)17)8-11(10)18/h4-7,12-14,18,21H,3,8-10H2,1-2H3;2-5,10-11,13,16,19-20H,6-8H2,1H3/t12-,13+,14-,18-,19-;10-,11+,13-,16-,17-/m00/s1. The SMILES string of the molecule is CCOc1ccc2c3c1O[C@H]1[C@@H](O)C=C[C@H]4[C@@H](C2)N(C)CC[C@@]341.CN1CC[C@]23c4c5ccc(O)c4O[C@H]2[C@@H](O)C=C[C@H]3[C@H]1C5. The Hall–Kier alpha value is -3.04. The minimum absolute atomic E-state index is 0.0820. The molecule has 44 heavy (non-hydrogen) atoms. The zero-order valence-electron chi connectivity index (χ0n) is 25.6. The zero-order valence-corrected chi connectivity index (χ0v) is 25.6. The Labute approximate surface area is 258 Å². The lowest BCUT2D eigenvalue weighted by atomic mass is 9.53. The third-order valence-electron chi connectivity index (χ3n) is 12.6. The molecule has 8 aliphatic rings. The van der Waals surface area contributed by atoms with Crippen molar-refractivity contribution in [2.45, 2.75) is 79.9 Å². The predicted molar refractivity (Wildman–Crippen MR) is 165 cm³/mol. The first-order chi connectivity index (χ1) is 21.3. The van der Waals surface area contributed by atoms with Crippen molar-refractivity contribution in [2.24, 2.45) is 11.8 Å². The van der Waals surface area contributed by atoms with E-state index in [9.17, 15) is 15.3 Å². The van der Waals surface area contributed by atoms with Gasteiger partial charge in [-0.1, -0.05) is 36.4 Å². The lowest BCUT2D eigenvalue weighted by molar-refractivity contribution is -0.0454. The zero-order chi connectivity index (χ0) is 30.1. The molecule has 2 aromatic rings. The number of phenolic OH excluding ortho intramolecular Hbond substituents is 1. The second kappa shape index (κ2) is 9.25. The molecule has 2 spiro atoms. The van der Waals surface area contributed by atoms with Gasteiger partial charge >= 0.3 is 0 Å². The Morgan fingerprint density at radius 1 is 0.773 bits per heavy atom. The number of ether oxygens (including phenoxy) is 3. The molecule has 10 rings (SSSR count). The number of piperidine rings is 2. The van der Waals surface area contributed by atoms with Crippen LogP contribution in [0.25, 0.3) is 0 Å². The smallest absolute Gasteiger partial charge is 0.165 e. The molecule has 10 atom stereocenters. The monoisotopic (exact) mass is 598 g/mol. The molecule has 2 fully saturated rings. The van der Waals surface area contributed by atoms with Crippen LogP contribution in [0.15, 0.2) is 48.6 Å². The van der Waals surface area contributed by atoms with E-state index in [1.54, 1.807) is 6.07 Å². The Balaban J connectivity index is 0.000000123. The van der Waals surface area contributed by atoms with Crippen LogP contribution in [0.5, 0.6) is 23.0 Å². The van der Waals surface area contributed by atoms with Gasteiger partial charge < -0.3 is 39.3 Å². The van der Waals surface area contributed by atoms with Crippen molar-refractivity contribution in [3.63, 3.8) is 0 Å². The first-order valence-electron chi connectivity index (χ1n) is 16.4. The highest BCUT2D eigenvalue weighted by Crippen LogP contribution is 2.64. The van der Waals surface area contributed by atoms with Crippen LogP contribution in [-0.4, -0.2) is 95.4 Å². The highest BCUT2D eigenvalue weighted by atomic mass is 16.5. The maximum Gasteiger partial charge on any atom is 0.165 e. The molecular weight excluding hydrogens is 556 g/mol. The van der Waals surface area contributed by atoms with E-state index in [2.05, 4.69) is 42.1 Å². The number of hydrogen-bond acceptors (Lipinski definition) is 8. The third-order valence-corrected chi connectivity index (χ3v) is 12.6. The summed E-state index contributed by atoms with van der Waals surface area (Å²) in [6.45, 7) is 4.69. The van der Waals surface area contributed by atoms with Gasteiger partial charge in [0.2, 0.25) is 0 Å². The molecule has 232 valence electrons. The van der Waals surface area contributed by atoms with Gasteiger partial charge in [-0.05, 0) is 83.1 Å². The van der Waals surface area contributed by atoms with Crippen molar-refractivity contribution >= 4 is 0 Å². The van der Waals surface area contributed by atoms with E-state index in [-0.39, 0.29) is 28.8 Å². The Morgan fingerprint density at radius 2 is 1.30 bits per heavy atom. The van der Waals surface area contributed by atoms with Crippen LogP contribution in [-0.2, 0) is 23.7 Å². The second-order valence-electron chi connectivity index (χ2n) is 14.3. The second-order valence-corrected chi connectivity index (χ2v) is 14.3. The van der Waals surface area contributed by atoms with E-state index in [1.165, 1.54) is 22.3 Å². The number of likely N-dealkylation sites (N-methyl/N-ethyl adjacent to an activating group) is 2. The van der Waals surface area contributed by atoms with Crippen LogP contribution in [0, 0.1) is 11.8 Å². The summed E-state index contributed by atoms with van der Waals surface area (Å²) >= 11 is 0. The fraction of sp³-hybridized carbons (Fsp3) is 0.556. The summed E-state index contributed by atoms with van der Waals surface area (Å²) in [5, 5.41) is 31.3. The number of aromatic hydroxyl groups is 1. The quantitative estimate of drug-likeness (QED) is 0.455. The molecule has 0 aromatic heterocycles. The van der Waals surface area contributed by atoms with E-state index in [4.69, 9.17) is 14.2 Å². The first-order valence-corrected chi connectivity index (χ1v) is 16.4. The number of nitrogens with zero attached hydrogens (tertiary/aromatic N) is 2. The molecule has 0 amide bonds. The van der Waals surface area contributed by atoms with Gasteiger partial charge in [-0.25, -0.2) is 0 Å². The van der Waals surface area contributed by atoms with Crippen molar-refractivity contribution in [3.05, 3.63) is 70.8 Å². The topological polar surface area (TPSA) is 94.9 Å². The minimum atomic E-state index is -0.594. The van der Waals surface area contributed by atoms with Gasteiger partial charge in [0.1, 0.15) is 24.4 Å². The lowest BCUT2D eigenvalue weighted by Crippen LogP contribution is -2.64. The fourth-order valence-electron chi connectivity index (χ4n) is 10.7. The molecule has 4 bridgehead atoms. The van der Waals surface area contributed by atoms with Gasteiger partial charge in [0.05, 0.1) is 6.61 Å². The molecular formula is C36H42N2O6. The van der Waals surface area contributed by atoms with E-state index in [1.807, 2.05) is 31.2 Å². The van der Waals surface area contributed by atoms with Crippen LogP contribution >= 0.6 is 0 Å². The number of rotatable bonds is 2. The fourth-order valence-corrected chi connectivity index (χ4v) is 10.7. The van der Waals surface area contributed by atoms with Gasteiger partial charge in [-0.2, -0.15) is 0 Å². The van der Waals surface area contributed by atoms with Crippen molar-refractivity contribution < 1.29 is 29.5 Å². The summed E-state index contributed by atoms with van der Waals surface area (Å²) in [6, 6.07) is 8.98. The molecule has 0 unspecified atom stereocenters. The summed E-state index contributed by atoms with van der Waals surface area (Å²) in [5.41, 5.74) is 4.91. The molecule has 0 saturated carbocycles. The van der Waals surface area contributed by atoms with Crippen LogP contribution in [0.1, 0.15) is 42.0 Å². The molecule has 4 aliphatic heterocycles. The Kier molecular flexibility index (Phi) is 5.74. The summed E-state index contributed by atoms with van der Waals surface area (Å²) in [5.74, 6) is 3.33. The van der Waals surface area contributed by atoms with Crippen LogP contribution in [0.2, 0.25) is 0 Å². The number of benzene rings is 2. The summed E-state index contributed by atoms with van der Waals surface area (Å²) < 4.78 is 18.3. The van der Waals surface area contributed by atoms with Crippen LogP contribution in [0.3, 0.4) is 0 Å².